The van der Waals surface area contributed by atoms with Crippen LogP contribution in [0.15, 0.2) is 23.2 Å². The number of carbonyl (C=O) groups is 1. The lowest BCUT2D eigenvalue weighted by Crippen LogP contribution is -2.71. The molecule has 11 nitrogen and oxygen atoms in total. The van der Waals surface area contributed by atoms with Gasteiger partial charge in [0.15, 0.2) is 18.3 Å². The molecule has 0 aromatic heterocycles. The molecule has 0 amide bonds. The van der Waals surface area contributed by atoms with E-state index in [0.29, 0.717) is 24.4 Å². The summed E-state index contributed by atoms with van der Waals surface area (Å²) in [5.41, 5.74) is -0.668. The summed E-state index contributed by atoms with van der Waals surface area (Å²) < 4.78 is 36.2. The number of fused-ring (bicyclic) bond motifs is 2. The van der Waals surface area contributed by atoms with E-state index in [0.717, 1.165) is 5.57 Å². The van der Waals surface area contributed by atoms with Crippen LogP contribution in [0.25, 0.3) is 0 Å². The van der Waals surface area contributed by atoms with E-state index in [9.17, 15) is 25.2 Å². The molecule has 1 saturated carbocycles. The Kier molecular flexibility index (Phi) is 7.93. The van der Waals surface area contributed by atoms with Crippen LogP contribution in [0.2, 0.25) is 0 Å². The van der Waals surface area contributed by atoms with Crippen molar-refractivity contribution in [1.82, 2.24) is 0 Å². The molecule has 2 saturated heterocycles. The molecule has 0 spiro atoms. The Morgan fingerprint density at radius 3 is 2.33 bits per heavy atom. The van der Waals surface area contributed by atoms with Crippen molar-refractivity contribution in [3.63, 3.8) is 0 Å². The van der Waals surface area contributed by atoms with Crippen molar-refractivity contribution in [2.45, 2.75) is 89.7 Å². The Balaban J connectivity index is 1.68. The molecular weight excluding hydrogens is 524 g/mol. The van der Waals surface area contributed by atoms with Gasteiger partial charge in [0.25, 0.3) is 0 Å². The van der Waals surface area contributed by atoms with E-state index >= 15 is 0 Å². The van der Waals surface area contributed by atoms with Crippen molar-refractivity contribution < 1.29 is 53.6 Å². The second-order valence-electron chi connectivity index (χ2n) is 12.5. The van der Waals surface area contributed by atoms with E-state index in [1.54, 1.807) is 14.2 Å². The molecule has 40 heavy (non-hydrogen) atoms. The second-order valence-corrected chi connectivity index (χ2v) is 12.5. The number of carbonyl (C=O) groups excluding carboxylic acids is 1. The van der Waals surface area contributed by atoms with Gasteiger partial charge in [-0.25, -0.2) is 0 Å². The summed E-state index contributed by atoms with van der Waals surface area (Å²) in [6.45, 7) is 7.55. The van der Waals surface area contributed by atoms with Gasteiger partial charge in [0, 0.05) is 30.3 Å². The maximum atomic E-state index is 14.3. The molecule has 2 heterocycles. The standard InChI is InChI=1S/C29H44O11/c1-12-8-16(35-5)26(34)29(4)14(12)9-18-28(3)15(10-19(36-6)39-18)13(2)23(37-7)24(25(28)29)40-27-22(33)21(32)20(31)17(11-30)38-27/h8,12,14-15,17-22,24-25,27,30-33H,9-11H2,1-7H3. The fourth-order valence-corrected chi connectivity index (χ4v) is 8.79. The van der Waals surface area contributed by atoms with E-state index in [2.05, 4.69) is 13.8 Å². The van der Waals surface area contributed by atoms with Crippen LogP contribution in [0, 0.1) is 34.5 Å². The van der Waals surface area contributed by atoms with Gasteiger partial charge in [-0.3, -0.25) is 4.79 Å². The third kappa shape index (κ3) is 4.04. The Morgan fingerprint density at radius 2 is 1.73 bits per heavy atom. The molecule has 0 bridgehead atoms. The van der Waals surface area contributed by atoms with E-state index in [4.69, 9.17) is 28.4 Å². The van der Waals surface area contributed by atoms with Crippen molar-refractivity contribution in [1.29, 1.82) is 0 Å². The van der Waals surface area contributed by atoms with Crippen molar-refractivity contribution in [3.8, 4) is 0 Å². The van der Waals surface area contributed by atoms with Crippen molar-refractivity contribution in [3.05, 3.63) is 23.2 Å². The van der Waals surface area contributed by atoms with E-state index in [1.165, 1.54) is 7.11 Å². The number of hydrogen-bond acceptors (Lipinski definition) is 11. The number of methoxy groups -OCH3 is 3. The number of hydrogen-bond donors (Lipinski definition) is 4. The summed E-state index contributed by atoms with van der Waals surface area (Å²) in [7, 11) is 4.67. The zero-order valence-electron chi connectivity index (χ0n) is 24.3. The number of rotatable bonds is 6. The largest absolute Gasteiger partial charge is 0.498 e. The Hall–Kier alpha value is -1.57. The maximum Gasteiger partial charge on any atom is 0.203 e. The van der Waals surface area contributed by atoms with Gasteiger partial charge in [-0.05, 0) is 42.7 Å². The normalized spacial score (nSPS) is 50.6. The molecule has 3 fully saturated rings. The number of Topliss-reactive ketones (excluding diaryl/α,β-unsaturated/α-hetero) is 1. The molecule has 0 aromatic carbocycles. The van der Waals surface area contributed by atoms with Gasteiger partial charge in [-0.15, -0.1) is 0 Å². The topological polar surface area (TPSA) is 153 Å². The van der Waals surface area contributed by atoms with Crippen LogP contribution in [-0.2, 0) is 33.2 Å². The highest BCUT2D eigenvalue weighted by molar-refractivity contribution is 5.99. The second kappa shape index (κ2) is 10.6. The first-order chi connectivity index (χ1) is 18.9. The minimum Gasteiger partial charge on any atom is -0.498 e. The summed E-state index contributed by atoms with van der Waals surface area (Å²) in [5, 5.41) is 41.5. The minimum absolute atomic E-state index is 0.0157. The van der Waals surface area contributed by atoms with Crippen LogP contribution in [0.4, 0.5) is 0 Å². The molecule has 14 unspecified atom stereocenters. The van der Waals surface area contributed by atoms with Gasteiger partial charge in [-0.1, -0.05) is 20.8 Å². The molecular formula is C29H44O11. The van der Waals surface area contributed by atoms with Crippen LogP contribution >= 0.6 is 0 Å². The van der Waals surface area contributed by atoms with Gasteiger partial charge in [0.05, 0.1) is 26.9 Å². The fraction of sp³-hybridized carbons (Fsp3) is 0.828. The lowest BCUT2D eigenvalue weighted by molar-refractivity contribution is -0.339. The Bertz CT molecular complexity index is 1060. The monoisotopic (exact) mass is 568 g/mol. The Morgan fingerprint density at radius 1 is 1.02 bits per heavy atom. The quantitative estimate of drug-likeness (QED) is 0.361. The Labute approximate surface area is 235 Å². The predicted molar refractivity (Wildman–Crippen MR) is 139 cm³/mol. The predicted octanol–water partition coefficient (Wildman–Crippen LogP) is 0.881. The maximum absolute atomic E-state index is 14.3. The first-order valence-corrected chi connectivity index (χ1v) is 14.1. The van der Waals surface area contributed by atoms with Crippen molar-refractivity contribution in [2.75, 3.05) is 27.9 Å². The average molecular weight is 569 g/mol. The number of aliphatic hydroxyl groups is 4. The number of ketones is 1. The fourth-order valence-electron chi connectivity index (χ4n) is 8.79. The summed E-state index contributed by atoms with van der Waals surface area (Å²) in [6, 6.07) is 0. The SMILES string of the molecule is COC1=CC(C)C2CC3OC(OC)CC4C(C)=C(OC)C(OC5OC(CO)C(O)C(O)C5O)C(C2(C)C1=O)C34C. The summed E-state index contributed by atoms with van der Waals surface area (Å²) in [5.74, 6) is -0.0551. The average Bonchev–Trinajstić information content (AvgIpc) is 2.93. The third-order valence-electron chi connectivity index (χ3n) is 10.8. The molecule has 0 radical (unpaired) electrons. The summed E-state index contributed by atoms with van der Waals surface area (Å²) >= 11 is 0. The first kappa shape index (κ1) is 29.9. The molecule has 2 aliphatic heterocycles. The van der Waals surface area contributed by atoms with Crippen molar-refractivity contribution in [2.24, 2.45) is 34.5 Å². The third-order valence-corrected chi connectivity index (χ3v) is 10.8. The molecule has 14 atom stereocenters. The van der Waals surface area contributed by atoms with Crippen LogP contribution in [0.3, 0.4) is 0 Å². The molecule has 3 aliphatic carbocycles. The van der Waals surface area contributed by atoms with Crippen LogP contribution in [-0.4, -0.2) is 103 Å². The highest BCUT2D eigenvalue weighted by Gasteiger charge is 2.72. The van der Waals surface area contributed by atoms with Gasteiger partial charge < -0.3 is 48.8 Å². The number of allylic oxidation sites excluding steroid dienone is 3. The molecule has 5 aliphatic rings. The van der Waals surface area contributed by atoms with Gasteiger partial charge in [0.2, 0.25) is 5.78 Å². The molecule has 5 rings (SSSR count). The lowest BCUT2D eigenvalue weighted by Gasteiger charge is -2.67. The summed E-state index contributed by atoms with van der Waals surface area (Å²) in [4.78, 5) is 14.3. The van der Waals surface area contributed by atoms with Crippen LogP contribution in [0.1, 0.15) is 40.5 Å². The highest BCUT2D eigenvalue weighted by Crippen LogP contribution is 2.69. The van der Waals surface area contributed by atoms with E-state index in [-0.39, 0.29) is 29.6 Å². The lowest BCUT2D eigenvalue weighted by atomic mass is 9.39. The molecule has 4 N–H and O–H groups in total. The minimum atomic E-state index is -1.61. The zero-order valence-corrected chi connectivity index (χ0v) is 24.3. The van der Waals surface area contributed by atoms with Gasteiger partial charge in [0.1, 0.15) is 36.3 Å². The van der Waals surface area contributed by atoms with E-state index < -0.39 is 66.5 Å². The highest BCUT2D eigenvalue weighted by atomic mass is 16.7. The summed E-state index contributed by atoms with van der Waals surface area (Å²) in [6.07, 6.45) is -5.84. The molecule has 0 aromatic rings. The van der Waals surface area contributed by atoms with E-state index in [1.807, 2.05) is 19.9 Å². The number of aliphatic hydroxyl groups excluding tert-OH is 4. The van der Waals surface area contributed by atoms with Crippen LogP contribution < -0.4 is 0 Å². The van der Waals surface area contributed by atoms with Gasteiger partial charge >= 0.3 is 0 Å². The smallest absolute Gasteiger partial charge is 0.203 e. The van der Waals surface area contributed by atoms with Gasteiger partial charge in [-0.2, -0.15) is 0 Å². The number of ether oxygens (including phenoxy) is 6. The molecule has 11 heteroatoms. The van der Waals surface area contributed by atoms with Crippen molar-refractivity contribution >= 4 is 5.78 Å². The zero-order chi connectivity index (χ0) is 29.3. The first-order valence-electron chi connectivity index (χ1n) is 14.1. The molecule has 226 valence electrons. The van der Waals surface area contributed by atoms with Crippen LogP contribution in [0.5, 0.6) is 0 Å².